The van der Waals surface area contributed by atoms with Crippen LogP contribution in [0.5, 0.6) is 0 Å². The van der Waals surface area contributed by atoms with Gasteiger partial charge in [-0.2, -0.15) is 18.3 Å². The van der Waals surface area contributed by atoms with Crippen molar-refractivity contribution in [1.82, 2.24) is 30.0 Å². The fourth-order valence-electron chi connectivity index (χ4n) is 3.45. The third kappa shape index (κ3) is 4.32. The Morgan fingerprint density at radius 3 is 2.70 bits per heavy atom. The minimum Gasteiger partial charge on any atom is -0.360 e. The van der Waals surface area contributed by atoms with Crippen LogP contribution in [0.4, 0.5) is 27.8 Å². The van der Waals surface area contributed by atoms with E-state index in [1.165, 1.54) is 18.6 Å². The number of piperidine rings is 1. The lowest BCUT2D eigenvalue weighted by molar-refractivity contribution is -0.141. The third-order valence-corrected chi connectivity index (χ3v) is 5.07. The highest BCUT2D eigenvalue weighted by atomic mass is 19.4. The number of pyridine rings is 1. The Morgan fingerprint density at radius 2 is 2.00 bits per heavy atom. The Bertz CT molecular complexity index is 1000. The van der Waals surface area contributed by atoms with Gasteiger partial charge < -0.3 is 5.32 Å². The lowest BCUT2D eigenvalue weighted by Gasteiger charge is -2.38. The van der Waals surface area contributed by atoms with E-state index < -0.39 is 30.4 Å². The van der Waals surface area contributed by atoms with Crippen molar-refractivity contribution in [2.24, 2.45) is 0 Å². The summed E-state index contributed by atoms with van der Waals surface area (Å²) in [6.45, 7) is 0.258. The molecule has 0 spiro atoms. The molecular weight excluding hydrogens is 409 g/mol. The molecule has 4 heterocycles. The zero-order chi connectivity index (χ0) is 21.4. The number of rotatable bonds is 5. The van der Waals surface area contributed by atoms with Crippen molar-refractivity contribution in [3.63, 3.8) is 0 Å². The van der Waals surface area contributed by atoms with Crippen molar-refractivity contribution >= 4 is 16.9 Å². The van der Waals surface area contributed by atoms with Gasteiger partial charge in [0.25, 0.3) is 5.92 Å². The molecule has 1 saturated heterocycles. The maximum absolute atomic E-state index is 14.7. The highest BCUT2D eigenvalue weighted by Crippen LogP contribution is 2.31. The maximum Gasteiger partial charge on any atom is 0.433 e. The number of likely N-dealkylation sites (tertiary alicyclic amines) is 1. The van der Waals surface area contributed by atoms with Gasteiger partial charge in [0, 0.05) is 19.3 Å². The summed E-state index contributed by atoms with van der Waals surface area (Å²) >= 11 is 0. The van der Waals surface area contributed by atoms with Gasteiger partial charge in [0.1, 0.15) is 17.8 Å². The highest BCUT2D eigenvalue weighted by Gasteiger charge is 2.44. The molecule has 4 rings (SSSR count). The molecule has 0 amide bonds. The zero-order valence-electron chi connectivity index (χ0n) is 15.6. The monoisotopic (exact) mass is 427 g/mol. The molecule has 0 aromatic carbocycles. The largest absolute Gasteiger partial charge is 0.433 e. The van der Waals surface area contributed by atoms with Crippen molar-refractivity contribution in [1.29, 1.82) is 0 Å². The van der Waals surface area contributed by atoms with Crippen molar-refractivity contribution in [2.75, 3.05) is 25.0 Å². The molecule has 1 atom stereocenters. The Balaban J connectivity index is 1.35. The first-order chi connectivity index (χ1) is 14.2. The van der Waals surface area contributed by atoms with Gasteiger partial charge in [-0.25, -0.2) is 18.7 Å². The molecule has 30 heavy (non-hydrogen) atoms. The number of nitrogens with one attached hydrogen (secondary N) is 2. The Kier molecular flexibility index (Phi) is 5.26. The normalized spacial score (nSPS) is 19.8. The number of aromatic amines is 1. The van der Waals surface area contributed by atoms with Crippen molar-refractivity contribution in [3.05, 3.63) is 42.1 Å². The molecule has 1 fully saturated rings. The van der Waals surface area contributed by atoms with E-state index in [2.05, 4.69) is 30.5 Å². The quantitative estimate of drug-likeness (QED) is 0.609. The number of fused-ring (bicyclic) bond motifs is 1. The molecule has 3 aromatic heterocycles. The molecule has 12 heteroatoms. The number of aromatic nitrogens is 5. The number of nitrogens with zero attached hydrogens (tertiary/aromatic N) is 5. The predicted octanol–water partition coefficient (Wildman–Crippen LogP) is 3.13. The van der Waals surface area contributed by atoms with Gasteiger partial charge >= 0.3 is 6.18 Å². The van der Waals surface area contributed by atoms with Gasteiger partial charge in [0.05, 0.1) is 24.2 Å². The number of hydrogen-bond acceptors (Lipinski definition) is 6. The summed E-state index contributed by atoms with van der Waals surface area (Å²) in [4.78, 5) is 13.0. The molecule has 1 aliphatic heterocycles. The molecule has 2 N–H and O–H groups in total. The summed E-state index contributed by atoms with van der Waals surface area (Å²) in [5, 5.41) is 9.85. The first-order valence-electron chi connectivity index (χ1n) is 9.25. The molecule has 0 saturated carbocycles. The van der Waals surface area contributed by atoms with E-state index in [1.807, 2.05) is 0 Å². The summed E-state index contributed by atoms with van der Waals surface area (Å²) < 4.78 is 67.2. The van der Waals surface area contributed by atoms with E-state index in [0.29, 0.717) is 41.9 Å². The summed E-state index contributed by atoms with van der Waals surface area (Å²) in [6, 6.07) is 1.13. The third-order valence-electron chi connectivity index (χ3n) is 5.07. The number of H-pyrrole nitrogens is 1. The smallest absolute Gasteiger partial charge is 0.360 e. The van der Waals surface area contributed by atoms with Crippen LogP contribution < -0.4 is 5.32 Å². The van der Waals surface area contributed by atoms with Gasteiger partial charge in [-0.3, -0.25) is 15.0 Å². The summed E-state index contributed by atoms with van der Waals surface area (Å²) in [7, 11) is 0. The van der Waals surface area contributed by atoms with Crippen LogP contribution in [0.2, 0.25) is 0 Å². The second-order valence-electron chi connectivity index (χ2n) is 7.18. The predicted molar refractivity (Wildman–Crippen MR) is 98.0 cm³/mol. The standard InChI is InChI=1S/C18H18F5N7/c19-17(20)9-30(5-3-11-1-2-14(24-7-11)18(21,22)23)6-4-13(17)28-15-12-8-27-29-16(12)26-10-25-15/h1-2,7-8,10,13H,3-6,9H2,(H2,25,26,27,28,29). The molecule has 0 aliphatic carbocycles. The zero-order valence-corrected chi connectivity index (χ0v) is 15.6. The van der Waals surface area contributed by atoms with Crippen LogP contribution in [0, 0.1) is 0 Å². The SMILES string of the molecule is FC(F)(F)c1ccc(CCN2CCC(Nc3ncnc4[nH]ncc34)C(F)(F)C2)cn1. The second-order valence-corrected chi connectivity index (χ2v) is 7.18. The number of hydrogen-bond donors (Lipinski definition) is 2. The topological polar surface area (TPSA) is 82.6 Å². The number of anilines is 1. The van der Waals surface area contributed by atoms with Crippen molar-refractivity contribution in [2.45, 2.75) is 31.0 Å². The average Bonchev–Trinajstić information content (AvgIpc) is 3.17. The Morgan fingerprint density at radius 1 is 1.17 bits per heavy atom. The maximum atomic E-state index is 14.7. The van der Waals surface area contributed by atoms with Gasteiger partial charge in [0.2, 0.25) is 0 Å². The minimum atomic E-state index is -4.50. The molecular formula is C18H18F5N7. The fraction of sp³-hybridized carbons (Fsp3) is 0.444. The molecule has 0 radical (unpaired) electrons. The lowest BCUT2D eigenvalue weighted by Crippen LogP contribution is -2.54. The van der Waals surface area contributed by atoms with E-state index in [4.69, 9.17) is 0 Å². The van der Waals surface area contributed by atoms with E-state index in [9.17, 15) is 22.0 Å². The van der Waals surface area contributed by atoms with Gasteiger partial charge in [0.15, 0.2) is 5.65 Å². The van der Waals surface area contributed by atoms with Crippen molar-refractivity contribution in [3.8, 4) is 0 Å². The molecule has 1 unspecified atom stereocenters. The van der Waals surface area contributed by atoms with E-state index in [0.717, 1.165) is 12.3 Å². The van der Waals surface area contributed by atoms with Gasteiger partial charge in [-0.15, -0.1) is 0 Å². The molecule has 1 aliphatic rings. The Hall–Kier alpha value is -2.89. The van der Waals surface area contributed by atoms with Crippen LogP contribution in [0.15, 0.2) is 30.9 Å². The number of halogens is 5. The summed E-state index contributed by atoms with van der Waals surface area (Å²) in [6.07, 6.45) is -0.0958. The first kappa shape index (κ1) is 20.4. The molecule has 7 nitrogen and oxygen atoms in total. The van der Waals surface area contributed by atoms with Crippen molar-refractivity contribution < 1.29 is 22.0 Å². The van der Waals surface area contributed by atoms with Crippen LogP contribution in [0.1, 0.15) is 17.7 Å². The second kappa shape index (κ2) is 7.74. The molecule has 3 aromatic rings. The van der Waals surface area contributed by atoms with Gasteiger partial charge in [-0.1, -0.05) is 6.07 Å². The van der Waals surface area contributed by atoms with E-state index in [1.54, 1.807) is 4.90 Å². The van der Waals surface area contributed by atoms with Crippen LogP contribution in [-0.4, -0.2) is 61.6 Å². The van der Waals surface area contributed by atoms with E-state index >= 15 is 0 Å². The fourth-order valence-corrected chi connectivity index (χ4v) is 3.45. The first-order valence-corrected chi connectivity index (χ1v) is 9.25. The average molecular weight is 427 g/mol. The van der Waals surface area contributed by atoms with Crippen LogP contribution >= 0.6 is 0 Å². The van der Waals surface area contributed by atoms with Crippen LogP contribution in [0.3, 0.4) is 0 Å². The Labute approximate surface area is 167 Å². The summed E-state index contributed by atoms with van der Waals surface area (Å²) in [5.41, 5.74) is 0.0504. The van der Waals surface area contributed by atoms with Gasteiger partial charge in [-0.05, 0) is 24.5 Å². The highest BCUT2D eigenvalue weighted by molar-refractivity contribution is 5.85. The minimum absolute atomic E-state index is 0.182. The summed E-state index contributed by atoms with van der Waals surface area (Å²) in [5.74, 6) is -2.72. The molecule has 160 valence electrons. The van der Waals surface area contributed by atoms with E-state index in [-0.39, 0.29) is 6.42 Å². The molecule has 0 bridgehead atoms. The lowest BCUT2D eigenvalue weighted by atomic mass is 10.00. The van der Waals surface area contributed by atoms with Crippen LogP contribution in [0.25, 0.3) is 11.0 Å². The number of alkyl halides is 5. The van der Waals surface area contributed by atoms with Crippen LogP contribution in [-0.2, 0) is 12.6 Å².